The number of aliphatic hydroxyl groups excluding tert-OH is 3. The maximum Gasteiger partial charge on any atom is 0.472 e. The smallest absolute Gasteiger partial charge is 0.462 e. The van der Waals surface area contributed by atoms with Crippen molar-refractivity contribution >= 4 is 19.8 Å². The van der Waals surface area contributed by atoms with Crippen molar-refractivity contribution in [1.82, 2.24) is 0 Å². The maximum atomic E-state index is 12.6. The lowest BCUT2D eigenvalue weighted by molar-refractivity contribution is -0.161. The molecule has 0 spiro atoms. The number of esters is 2. The maximum absolute atomic E-state index is 12.6. The molecule has 0 aromatic heterocycles. The molecule has 1 unspecified atom stereocenters. The number of hydrogen-bond acceptors (Lipinski definition) is 10. The summed E-state index contributed by atoms with van der Waals surface area (Å²) in [5.41, 5.74) is 0. The molecular weight excluding hydrogens is 747 g/mol. The molecule has 0 aliphatic rings. The second kappa shape index (κ2) is 39.4. The molecule has 11 nitrogen and oxygen atoms in total. The van der Waals surface area contributed by atoms with Crippen LogP contribution >= 0.6 is 7.82 Å². The summed E-state index contributed by atoms with van der Waals surface area (Å²) >= 11 is 0. The minimum absolute atomic E-state index is 0.152. The van der Waals surface area contributed by atoms with E-state index in [0.29, 0.717) is 19.3 Å². The Kier molecular flexibility index (Phi) is 37.9. The van der Waals surface area contributed by atoms with Gasteiger partial charge >= 0.3 is 19.8 Å². The minimum atomic E-state index is -4.64. The quantitative estimate of drug-likeness (QED) is 0.0201. The van der Waals surface area contributed by atoms with Crippen LogP contribution in [0.15, 0.2) is 48.6 Å². The van der Waals surface area contributed by atoms with Gasteiger partial charge in [-0.15, -0.1) is 0 Å². The number of ether oxygens (including phenoxy) is 2. The SMILES string of the molecule is CC[C@H](O)CC/C=C\C/C=C\C/C=C\C/C=C\CCCC(=O)OC[C@H](COP(=O)(O)OC[C@@H](O)CO)OC(=O)CCCCCCCCCCCCCCCC(C)C. The van der Waals surface area contributed by atoms with Gasteiger partial charge in [0.1, 0.15) is 12.7 Å². The van der Waals surface area contributed by atoms with E-state index in [4.69, 9.17) is 19.1 Å². The molecule has 0 amide bonds. The molecule has 0 aromatic rings. The summed E-state index contributed by atoms with van der Waals surface area (Å²) < 4.78 is 32.6. The van der Waals surface area contributed by atoms with Crippen LogP contribution in [-0.4, -0.2) is 76.9 Å². The summed E-state index contributed by atoms with van der Waals surface area (Å²) in [6, 6.07) is 0. The molecule has 57 heavy (non-hydrogen) atoms. The van der Waals surface area contributed by atoms with Gasteiger partial charge in [-0.3, -0.25) is 18.6 Å². The molecule has 0 aliphatic heterocycles. The first-order valence-electron chi connectivity index (χ1n) is 22.0. The number of carbonyl (C=O) groups is 2. The van der Waals surface area contributed by atoms with Gasteiger partial charge in [-0.05, 0) is 63.7 Å². The summed E-state index contributed by atoms with van der Waals surface area (Å²) in [6.45, 7) is 4.36. The summed E-state index contributed by atoms with van der Waals surface area (Å²) in [7, 11) is -4.64. The second-order valence-electron chi connectivity index (χ2n) is 15.3. The van der Waals surface area contributed by atoms with E-state index in [1.165, 1.54) is 64.2 Å². The Hall–Kier alpha value is -2.11. The lowest BCUT2D eigenvalue weighted by atomic mass is 10.0. The van der Waals surface area contributed by atoms with Crippen molar-refractivity contribution in [2.75, 3.05) is 26.4 Å². The third-order valence-electron chi connectivity index (χ3n) is 9.33. The number of unbranched alkanes of at least 4 members (excludes halogenated alkanes) is 13. The zero-order valence-corrected chi connectivity index (χ0v) is 36.7. The Bertz CT molecular complexity index is 1120. The van der Waals surface area contributed by atoms with E-state index in [1.54, 1.807) is 0 Å². The normalized spacial score (nSPS) is 14.9. The summed E-state index contributed by atoms with van der Waals surface area (Å²) in [5, 5.41) is 27.9. The van der Waals surface area contributed by atoms with Gasteiger partial charge in [0.05, 0.1) is 25.9 Å². The fraction of sp³-hybridized carbons (Fsp3) is 0.778. The monoisotopic (exact) mass is 829 g/mol. The van der Waals surface area contributed by atoms with Gasteiger partial charge in [-0.25, -0.2) is 4.57 Å². The van der Waals surface area contributed by atoms with E-state index in [0.717, 1.165) is 63.7 Å². The largest absolute Gasteiger partial charge is 0.472 e. The number of allylic oxidation sites excluding steroid dienone is 8. The average Bonchev–Trinajstić information content (AvgIpc) is 3.18. The van der Waals surface area contributed by atoms with Crippen LogP contribution in [0.2, 0.25) is 0 Å². The molecule has 4 atom stereocenters. The van der Waals surface area contributed by atoms with E-state index < -0.39 is 51.8 Å². The van der Waals surface area contributed by atoms with Crippen molar-refractivity contribution in [3.05, 3.63) is 48.6 Å². The van der Waals surface area contributed by atoms with E-state index in [-0.39, 0.29) is 25.6 Å². The summed E-state index contributed by atoms with van der Waals surface area (Å²) in [6.07, 6.45) is 37.4. The van der Waals surface area contributed by atoms with E-state index >= 15 is 0 Å². The van der Waals surface area contributed by atoms with Crippen LogP contribution in [0.25, 0.3) is 0 Å². The van der Waals surface area contributed by atoms with Crippen LogP contribution in [-0.2, 0) is 32.7 Å². The van der Waals surface area contributed by atoms with Gasteiger partial charge in [0, 0.05) is 12.8 Å². The molecule has 4 N–H and O–H groups in total. The molecule has 12 heteroatoms. The fourth-order valence-corrected chi connectivity index (χ4v) is 6.53. The first kappa shape index (κ1) is 54.9. The number of carbonyl (C=O) groups excluding carboxylic acids is 2. The molecule has 0 saturated heterocycles. The molecule has 0 fully saturated rings. The van der Waals surface area contributed by atoms with Crippen molar-refractivity contribution < 1.29 is 52.9 Å². The standard InChI is InChI=1S/C45H81O11P/c1-4-41(47)33-29-25-21-17-13-9-5-6-10-14-18-22-26-30-34-44(49)53-38-43(39-55-57(51,52)54-37-42(48)36-46)56-45(50)35-31-27-23-19-15-11-7-8-12-16-20-24-28-32-40(2)3/h6,9-10,13,18,21-22,25,40-43,46-48H,4-5,7-8,11-12,14-17,19-20,23-24,26-39H2,1-3H3,(H,51,52)/b10-6-,13-9-,22-18-,25-21-/t41-,42-,43+/m0/s1. The first-order chi connectivity index (χ1) is 27.5. The predicted molar refractivity (Wildman–Crippen MR) is 230 cm³/mol. The van der Waals surface area contributed by atoms with Crippen molar-refractivity contribution in [2.45, 2.75) is 193 Å². The summed E-state index contributed by atoms with van der Waals surface area (Å²) in [5.74, 6) is -0.199. The molecule has 0 rings (SSSR count). The zero-order chi connectivity index (χ0) is 42.2. The van der Waals surface area contributed by atoms with Crippen LogP contribution < -0.4 is 0 Å². The Balaban J connectivity index is 4.38. The van der Waals surface area contributed by atoms with E-state index in [1.807, 2.05) is 19.1 Å². The zero-order valence-electron chi connectivity index (χ0n) is 35.8. The van der Waals surface area contributed by atoms with Gasteiger partial charge in [-0.2, -0.15) is 0 Å². The van der Waals surface area contributed by atoms with Crippen molar-refractivity contribution in [2.24, 2.45) is 5.92 Å². The van der Waals surface area contributed by atoms with Crippen LogP contribution in [0, 0.1) is 5.92 Å². The van der Waals surface area contributed by atoms with Gasteiger partial charge in [0.15, 0.2) is 6.10 Å². The molecule has 0 radical (unpaired) electrons. The Morgan fingerprint density at radius 1 is 0.579 bits per heavy atom. The molecule has 332 valence electrons. The highest BCUT2D eigenvalue weighted by Gasteiger charge is 2.27. The van der Waals surface area contributed by atoms with Gasteiger partial charge in [0.25, 0.3) is 0 Å². The average molecular weight is 829 g/mol. The van der Waals surface area contributed by atoms with Gasteiger partial charge < -0.3 is 29.7 Å². The van der Waals surface area contributed by atoms with Gasteiger partial charge in [0.2, 0.25) is 0 Å². The number of phosphoric acid groups is 1. The molecule has 0 bridgehead atoms. The third-order valence-corrected chi connectivity index (χ3v) is 10.3. The molecule has 0 heterocycles. The van der Waals surface area contributed by atoms with E-state index in [9.17, 15) is 29.3 Å². The number of rotatable bonds is 40. The van der Waals surface area contributed by atoms with Crippen molar-refractivity contribution in [1.29, 1.82) is 0 Å². The van der Waals surface area contributed by atoms with Crippen LogP contribution in [0.1, 0.15) is 175 Å². The number of hydrogen-bond donors (Lipinski definition) is 4. The van der Waals surface area contributed by atoms with Crippen molar-refractivity contribution in [3.63, 3.8) is 0 Å². The minimum Gasteiger partial charge on any atom is -0.462 e. The fourth-order valence-electron chi connectivity index (χ4n) is 5.74. The van der Waals surface area contributed by atoms with Crippen molar-refractivity contribution in [3.8, 4) is 0 Å². The molecule has 0 aliphatic carbocycles. The lowest BCUT2D eigenvalue weighted by Gasteiger charge is -2.20. The highest BCUT2D eigenvalue weighted by molar-refractivity contribution is 7.47. The molecule has 0 aromatic carbocycles. The molecular formula is C45H81O11P. The number of aliphatic hydroxyl groups is 3. The lowest BCUT2D eigenvalue weighted by Crippen LogP contribution is -2.29. The predicted octanol–water partition coefficient (Wildman–Crippen LogP) is 10.6. The van der Waals surface area contributed by atoms with E-state index in [2.05, 4.69) is 54.8 Å². The van der Waals surface area contributed by atoms with Crippen LogP contribution in [0.4, 0.5) is 0 Å². The topological polar surface area (TPSA) is 169 Å². The number of phosphoric ester groups is 1. The van der Waals surface area contributed by atoms with Gasteiger partial charge in [-0.1, -0.05) is 153 Å². The Labute approximate surface area is 346 Å². The Morgan fingerprint density at radius 3 is 1.58 bits per heavy atom. The highest BCUT2D eigenvalue weighted by Crippen LogP contribution is 2.43. The van der Waals surface area contributed by atoms with Crippen LogP contribution in [0.5, 0.6) is 0 Å². The summed E-state index contributed by atoms with van der Waals surface area (Å²) in [4.78, 5) is 35.0. The first-order valence-corrected chi connectivity index (χ1v) is 23.5. The Morgan fingerprint density at radius 2 is 1.05 bits per heavy atom. The molecule has 0 saturated carbocycles. The third kappa shape index (κ3) is 40.5. The highest BCUT2D eigenvalue weighted by atomic mass is 31.2. The second-order valence-corrected chi connectivity index (χ2v) is 16.8. The van der Waals surface area contributed by atoms with Crippen LogP contribution in [0.3, 0.4) is 0 Å².